The highest BCUT2D eigenvalue weighted by atomic mass is 35.5. The van der Waals surface area contributed by atoms with Crippen LogP contribution in [-0.4, -0.2) is 55.5 Å². The van der Waals surface area contributed by atoms with Crippen molar-refractivity contribution in [2.75, 3.05) is 39.0 Å². The van der Waals surface area contributed by atoms with Gasteiger partial charge in [0.25, 0.3) is 5.91 Å². The topological polar surface area (TPSA) is 64.7 Å². The third-order valence-corrected chi connectivity index (χ3v) is 4.77. The molecular weight excluding hydrogens is 400 g/mol. The van der Waals surface area contributed by atoms with Crippen LogP contribution in [-0.2, 0) is 6.54 Å². The SMILES string of the molecule is CC(C)CNC(=O)c1ccc(NC(=O)N(CCN(C)C)Cc2ccccc2)cc1Cl. The molecular formula is C23H31ClN4O2. The van der Waals surface area contributed by atoms with E-state index in [4.69, 9.17) is 11.6 Å². The smallest absolute Gasteiger partial charge is 0.322 e. The normalized spacial score (nSPS) is 10.9. The van der Waals surface area contributed by atoms with E-state index < -0.39 is 0 Å². The van der Waals surface area contributed by atoms with Crippen molar-refractivity contribution in [2.45, 2.75) is 20.4 Å². The van der Waals surface area contributed by atoms with Crippen molar-refractivity contribution in [3.8, 4) is 0 Å². The van der Waals surface area contributed by atoms with Crippen LogP contribution in [0.25, 0.3) is 0 Å². The number of nitrogens with one attached hydrogen (secondary N) is 2. The summed E-state index contributed by atoms with van der Waals surface area (Å²) in [5.41, 5.74) is 2.00. The summed E-state index contributed by atoms with van der Waals surface area (Å²) in [6, 6.07) is 14.6. The fourth-order valence-corrected chi connectivity index (χ4v) is 3.01. The molecule has 30 heavy (non-hydrogen) atoms. The lowest BCUT2D eigenvalue weighted by Gasteiger charge is -2.25. The molecule has 0 spiro atoms. The first kappa shape index (κ1) is 23.7. The van der Waals surface area contributed by atoms with Gasteiger partial charge in [-0.3, -0.25) is 4.79 Å². The molecule has 0 aliphatic heterocycles. The molecule has 2 rings (SSSR count). The average Bonchev–Trinajstić information content (AvgIpc) is 2.70. The van der Waals surface area contributed by atoms with Gasteiger partial charge in [-0.05, 0) is 43.8 Å². The highest BCUT2D eigenvalue weighted by Gasteiger charge is 2.16. The monoisotopic (exact) mass is 430 g/mol. The van der Waals surface area contributed by atoms with Crippen molar-refractivity contribution in [1.82, 2.24) is 15.1 Å². The molecule has 0 saturated carbocycles. The Balaban J connectivity index is 2.08. The summed E-state index contributed by atoms with van der Waals surface area (Å²) >= 11 is 6.30. The molecule has 2 aromatic rings. The molecule has 0 radical (unpaired) electrons. The summed E-state index contributed by atoms with van der Waals surface area (Å²) in [6.45, 7) is 6.46. The first-order valence-electron chi connectivity index (χ1n) is 10.1. The van der Waals surface area contributed by atoms with Gasteiger partial charge >= 0.3 is 6.03 Å². The minimum absolute atomic E-state index is 0.214. The van der Waals surface area contributed by atoms with Gasteiger partial charge in [0, 0.05) is 31.9 Å². The number of rotatable bonds is 9. The van der Waals surface area contributed by atoms with Crippen LogP contribution < -0.4 is 10.6 Å². The summed E-state index contributed by atoms with van der Waals surface area (Å²) < 4.78 is 0. The number of nitrogens with zero attached hydrogens (tertiary/aromatic N) is 2. The number of hydrogen-bond donors (Lipinski definition) is 2. The van der Waals surface area contributed by atoms with Gasteiger partial charge < -0.3 is 20.4 Å². The molecule has 0 unspecified atom stereocenters. The zero-order valence-electron chi connectivity index (χ0n) is 18.1. The first-order chi connectivity index (χ1) is 14.3. The Morgan fingerprint density at radius 2 is 1.73 bits per heavy atom. The Bertz CT molecular complexity index is 840. The number of carbonyl (C=O) groups is 2. The predicted octanol–water partition coefficient (Wildman–Crippen LogP) is 4.32. The minimum Gasteiger partial charge on any atom is -0.352 e. The molecule has 2 aromatic carbocycles. The Morgan fingerprint density at radius 1 is 1.03 bits per heavy atom. The Labute approximate surface area is 184 Å². The predicted molar refractivity (Wildman–Crippen MR) is 123 cm³/mol. The van der Waals surface area contributed by atoms with Crippen molar-refractivity contribution in [3.63, 3.8) is 0 Å². The molecule has 2 N–H and O–H groups in total. The number of halogens is 1. The number of benzene rings is 2. The van der Waals surface area contributed by atoms with Crippen LogP contribution in [0.4, 0.5) is 10.5 Å². The lowest BCUT2D eigenvalue weighted by molar-refractivity contribution is 0.0949. The van der Waals surface area contributed by atoms with E-state index in [2.05, 4.69) is 10.6 Å². The maximum atomic E-state index is 12.9. The third-order valence-electron chi connectivity index (χ3n) is 4.46. The number of hydrogen-bond acceptors (Lipinski definition) is 3. The highest BCUT2D eigenvalue weighted by molar-refractivity contribution is 6.34. The maximum absolute atomic E-state index is 12.9. The molecule has 0 saturated heterocycles. The van der Waals surface area contributed by atoms with Crippen LogP contribution in [0.15, 0.2) is 48.5 Å². The summed E-state index contributed by atoms with van der Waals surface area (Å²) in [7, 11) is 3.95. The third kappa shape index (κ3) is 7.69. The number of carbonyl (C=O) groups excluding carboxylic acids is 2. The van der Waals surface area contributed by atoms with Gasteiger partial charge in [0.1, 0.15) is 0 Å². The van der Waals surface area contributed by atoms with Crippen LogP contribution in [0.1, 0.15) is 29.8 Å². The summed E-state index contributed by atoms with van der Waals surface area (Å²) in [6.07, 6.45) is 0. The molecule has 3 amide bonds. The molecule has 7 heteroatoms. The largest absolute Gasteiger partial charge is 0.352 e. The molecule has 0 bridgehead atoms. The van der Waals surface area contributed by atoms with Crippen LogP contribution >= 0.6 is 11.6 Å². The number of likely N-dealkylation sites (N-methyl/N-ethyl adjacent to an activating group) is 1. The van der Waals surface area contributed by atoms with E-state index in [9.17, 15) is 9.59 Å². The van der Waals surface area contributed by atoms with Crippen LogP contribution in [0.3, 0.4) is 0 Å². The quantitative estimate of drug-likeness (QED) is 0.622. The van der Waals surface area contributed by atoms with Gasteiger partial charge in [0.15, 0.2) is 0 Å². The van der Waals surface area contributed by atoms with Gasteiger partial charge in [-0.1, -0.05) is 55.8 Å². The Morgan fingerprint density at radius 3 is 2.33 bits per heavy atom. The van der Waals surface area contributed by atoms with Crippen LogP contribution in [0, 0.1) is 5.92 Å². The first-order valence-corrected chi connectivity index (χ1v) is 10.5. The summed E-state index contributed by atoms with van der Waals surface area (Å²) in [4.78, 5) is 29.0. The lowest BCUT2D eigenvalue weighted by atomic mass is 10.1. The van der Waals surface area contributed by atoms with E-state index in [0.29, 0.717) is 41.8 Å². The molecule has 0 aliphatic rings. The standard InChI is InChI=1S/C23H31ClN4O2/c1-17(2)15-25-22(29)20-11-10-19(14-21(20)24)26-23(30)28(13-12-27(3)4)16-18-8-6-5-7-9-18/h5-11,14,17H,12-13,15-16H2,1-4H3,(H,25,29)(H,26,30). The van der Waals surface area contributed by atoms with E-state index in [0.717, 1.165) is 12.1 Å². The van der Waals surface area contributed by atoms with Gasteiger partial charge in [-0.25, -0.2) is 4.79 Å². The molecule has 0 heterocycles. The van der Waals surface area contributed by atoms with Crippen LogP contribution in [0.2, 0.25) is 5.02 Å². The Kier molecular flexibility index (Phi) is 9.15. The van der Waals surface area contributed by atoms with Crippen molar-refractivity contribution in [3.05, 3.63) is 64.7 Å². The molecule has 162 valence electrons. The van der Waals surface area contributed by atoms with E-state index in [-0.39, 0.29) is 11.9 Å². The molecule has 0 aliphatic carbocycles. The van der Waals surface area contributed by atoms with E-state index >= 15 is 0 Å². The number of amides is 3. The minimum atomic E-state index is -0.219. The summed E-state index contributed by atoms with van der Waals surface area (Å²) in [5, 5.41) is 6.05. The lowest BCUT2D eigenvalue weighted by Crippen LogP contribution is -2.39. The fraction of sp³-hybridized carbons (Fsp3) is 0.391. The zero-order chi connectivity index (χ0) is 22.1. The van der Waals surface area contributed by atoms with Gasteiger partial charge in [-0.2, -0.15) is 0 Å². The average molecular weight is 431 g/mol. The van der Waals surface area contributed by atoms with Crippen molar-refractivity contribution in [2.24, 2.45) is 5.92 Å². The van der Waals surface area contributed by atoms with Crippen LogP contribution in [0.5, 0.6) is 0 Å². The van der Waals surface area contributed by atoms with Gasteiger partial charge in [-0.15, -0.1) is 0 Å². The molecule has 6 nitrogen and oxygen atoms in total. The number of urea groups is 1. The molecule has 0 aromatic heterocycles. The second kappa shape index (κ2) is 11.6. The maximum Gasteiger partial charge on any atom is 0.322 e. The fourth-order valence-electron chi connectivity index (χ4n) is 2.75. The van der Waals surface area contributed by atoms with Crippen molar-refractivity contribution >= 4 is 29.2 Å². The Hall–Kier alpha value is -2.57. The van der Waals surface area contributed by atoms with E-state index in [1.54, 1.807) is 23.1 Å². The summed E-state index contributed by atoms with van der Waals surface area (Å²) in [5.74, 6) is 0.132. The van der Waals surface area contributed by atoms with Gasteiger partial charge in [0.05, 0.1) is 10.6 Å². The number of anilines is 1. The zero-order valence-corrected chi connectivity index (χ0v) is 18.9. The van der Waals surface area contributed by atoms with Gasteiger partial charge in [0.2, 0.25) is 0 Å². The highest BCUT2D eigenvalue weighted by Crippen LogP contribution is 2.21. The van der Waals surface area contributed by atoms with E-state index in [1.807, 2.05) is 63.2 Å². The van der Waals surface area contributed by atoms with Crippen molar-refractivity contribution < 1.29 is 9.59 Å². The molecule has 0 atom stereocenters. The van der Waals surface area contributed by atoms with E-state index in [1.165, 1.54) is 0 Å². The second-order valence-corrected chi connectivity index (χ2v) is 8.35. The second-order valence-electron chi connectivity index (χ2n) is 7.94. The van der Waals surface area contributed by atoms with Crippen molar-refractivity contribution in [1.29, 1.82) is 0 Å². The molecule has 0 fully saturated rings.